The van der Waals surface area contributed by atoms with E-state index in [1.54, 1.807) is 30.7 Å². The third-order valence-electron chi connectivity index (χ3n) is 6.28. The number of halogens is 1. The van der Waals surface area contributed by atoms with Gasteiger partial charge in [-0.25, -0.2) is 4.39 Å². The first-order chi connectivity index (χ1) is 16.4. The number of amides is 2. The molecule has 2 N–H and O–H groups in total. The van der Waals surface area contributed by atoms with Gasteiger partial charge in [-0.1, -0.05) is 44.2 Å². The highest BCUT2D eigenvalue weighted by atomic mass is 19.1. The van der Waals surface area contributed by atoms with Crippen molar-refractivity contribution < 1.29 is 18.7 Å². The monoisotopic (exact) mass is 471 g/mol. The lowest BCUT2D eigenvalue weighted by Crippen LogP contribution is -2.40. The highest BCUT2D eigenvalue weighted by Crippen LogP contribution is 2.18. The quantitative estimate of drug-likeness (QED) is 0.610. The van der Waals surface area contributed by atoms with Crippen molar-refractivity contribution in [3.63, 3.8) is 0 Å². The van der Waals surface area contributed by atoms with Gasteiger partial charge in [-0.15, -0.1) is 0 Å². The van der Waals surface area contributed by atoms with Crippen molar-refractivity contribution in [1.29, 1.82) is 0 Å². The van der Waals surface area contributed by atoms with Crippen molar-refractivity contribution in [2.24, 2.45) is 0 Å². The standard InChI is InChI=1S/C26H34FN3O4/c1-18(19-10-12-20(27)13-11-19)28-25(32)22-16-30(14-15-34-2)17-23(24(22)31)26(33)29-21-8-6-4-3-5-7-9-21/h10-13,16-18,21H,3-9,14-15H2,1-2H3,(H,28,32)(H,29,33). The summed E-state index contributed by atoms with van der Waals surface area (Å²) < 4.78 is 20.0. The van der Waals surface area contributed by atoms with Crippen LogP contribution in [0.15, 0.2) is 41.5 Å². The van der Waals surface area contributed by atoms with E-state index in [-0.39, 0.29) is 23.0 Å². The van der Waals surface area contributed by atoms with Gasteiger partial charge in [-0.3, -0.25) is 14.4 Å². The molecule has 2 amide bonds. The maximum atomic E-state index is 13.2. The van der Waals surface area contributed by atoms with E-state index >= 15 is 0 Å². The third-order valence-corrected chi connectivity index (χ3v) is 6.28. The summed E-state index contributed by atoms with van der Waals surface area (Å²) in [7, 11) is 1.56. The van der Waals surface area contributed by atoms with Gasteiger partial charge in [0.25, 0.3) is 11.8 Å². The molecule has 1 heterocycles. The lowest BCUT2D eigenvalue weighted by Gasteiger charge is -2.21. The highest BCUT2D eigenvalue weighted by Gasteiger charge is 2.23. The van der Waals surface area contributed by atoms with Gasteiger partial charge in [0.15, 0.2) is 0 Å². The predicted molar refractivity (Wildman–Crippen MR) is 128 cm³/mol. The van der Waals surface area contributed by atoms with Gasteiger partial charge in [0.05, 0.1) is 12.6 Å². The number of hydrogen-bond donors (Lipinski definition) is 2. The molecule has 0 radical (unpaired) electrons. The normalized spacial score (nSPS) is 15.7. The van der Waals surface area contributed by atoms with Crippen molar-refractivity contribution >= 4 is 11.8 Å². The van der Waals surface area contributed by atoms with E-state index < -0.39 is 23.3 Å². The smallest absolute Gasteiger partial charge is 0.257 e. The SMILES string of the molecule is COCCn1cc(C(=O)NC2CCCCCCC2)c(=O)c(C(=O)NC(C)c2ccc(F)cc2)c1. The molecule has 1 fully saturated rings. The Morgan fingerprint density at radius 1 is 1.03 bits per heavy atom. The average molecular weight is 472 g/mol. The number of nitrogens with one attached hydrogen (secondary N) is 2. The molecule has 3 rings (SSSR count). The van der Waals surface area contributed by atoms with Gasteiger partial charge in [0.2, 0.25) is 5.43 Å². The second-order valence-electron chi connectivity index (χ2n) is 8.91. The van der Waals surface area contributed by atoms with E-state index in [0.717, 1.165) is 38.5 Å². The minimum Gasteiger partial charge on any atom is -0.383 e. The van der Waals surface area contributed by atoms with Crippen LogP contribution in [0, 0.1) is 5.82 Å². The van der Waals surface area contributed by atoms with Gasteiger partial charge in [0, 0.05) is 32.1 Å². The minimum atomic E-state index is -0.610. The van der Waals surface area contributed by atoms with Crippen LogP contribution in [0.2, 0.25) is 0 Å². The van der Waals surface area contributed by atoms with Crippen LogP contribution in [0.25, 0.3) is 0 Å². The highest BCUT2D eigenvalue weighted by molar-refractivity contribution is 5.99. The topological polar surface area (TPSA) is 89.4 Å². The van der Waals surface area contributed by atoms with Crippen molar-refractivity contribution in [2.45, 2.75) is 70.5 Å². The van der Waals surface area contributed by atoms with Crippen LogP contribution in [0.5, 0.6) is 0 Å². The maximum Gasteiger partial charge on any atom is 0.257 e. The lowest BCUT2D eigenvalue weighted by atomic mass is 9.96. The third kappa shape index (κ3) is 7.00. The first-order valence-electron chi connectivity index (χ1n) is 12.0. The second kappa shape index (κ2) is 12.5. The number of nitrogens with zero attached hydrogens (tertiary/aromatic N) is 1. The Hall–Kier alpha value is -3.00. The van der Waals surface area contributed by atoms with Crippen molar-refractivity contribution in [3.8, 4) is 0 Å². The number of ether oxygens (including phenoxy) is 1. The van der Waals surface area contributed by atoms with Crippen molar-refractivity contribution in [2.75, 3.05) is 13.7 Å². The molecule has 1 saturated carbocycles. The Labute approximate surface area is 199 Å². The number of carbonyl (C=O) groups excluding carboxylic acids is 2. The van der Waals surface area contributed by atoms with E-state index in [1.807, 2.05) is 0 Å². The average Bonchev–Trinajstić information content (AvgIpc) is 2.80. The number of methoxy groups -OCH3 is 1. The van der Waals surface area contributed by atoms with Crippen LogP contribution in [0.1, 0.15) is 84.2 Å². The Morgan fingerprint density at radius 3 is 2.24 bits per heavy atom. The van der Waals surface area contributed by atoms with Crippen LogP contribution in [-0.4, -0.2) is 36.1 Å². The molecule has 1 aromatic heterocycles. The summed E-state index contributed by atoms with van der Waals surface area (Å²) in [4.78, 5) is 39.3. The lowest BCUT2D eigenvalue weighted by molar-refractivity contribution is 0.0928. The van der Waals surface area contributed by atoms with Crippen LogP contribution >= 0.6 is 0 Å². The van der Waals surface area contributed by atoms with Gasteiger partial charge in [0.1, 0.15) is 16.9 Å². The van der Waals surface area contributed by atoms with Crippen LogP contribution in [-0.2, 0) is 11.3 Å². The zero-order chi connectivity index (χ0) is 24.5. The molecule has 2 aromatic rings. The van der Waals surface area contributed by atoms with Gasteiger partial charge >= 0.3 is 0 Å². The first kappa shape index (κ1) is 25.6. The van der Waals surface area contributed by atoms with Crippen molar-refractivity contribution in [3.05, 3.63) is 69.4 Å². The molecule has 1 atom stereocenters. The summed E-state index contributed by atoms with van der Waals surface area (Å²) in [5.41, 5.74) is -0.0796. The molecule has 8 heteroatoms. The molecule has 34 heavy (non-hydrogen) atoms. The fourth-order valence-corrected chi connectivity index (χ4v) is 4.25. The number of carbonyl (C=O) groups is 2. The van der Waals surface area contributed by atoms with Crippen LogP contribution in [0.3, 0.4) is 0 Å². The molecule has 0 spiro atoms. The Kier molecular flexibility index (Phi) is 9.39. The van der Waals surface area contributed by atoms with Crippen LogP contribution < -0.4 is 16.1 Å². The summed E-state index contributed by atoms with van der Waals surface area (Å²) in [6.07, 6.45) is 10.3. The Bertz CT molecular complexity index is 1030. The zero-order valence-electron chi connectivity index (χ0n) is 19.9. The molecule has 1 aromatic carbocycles. The number of hydrogen-bond acceptors (Lipinski definition) is 4. The second-order valence-corrected chi connectivity index (χ2v) is 8.91. The zero-order valence-corrected chi connectivity index (χ0v) is 19.9. The molecule has 1 aliphatic rings. The van der Waals surface area contributed by atoms with E-state index in [2.05, 4.69) is 10.6 Å². The summed E-state index contributed by atoms with van der Waals surface area (Å²) in [5.74, 6) is -1.41. The largest absolute Gasteiger partial charge is 0.383 e. The summed E-state index contributed by atoms with van der Waals surface area (Å²) >= 11 is 0. The molecular formula is C26H34FN3O4. The number of pyridine rings is 1. The Morgan fingerprint density at radius 2 is 1.62 bits per heavy atom. The molecule has 0 saturated heterocycles. The first-order valence-corrected chi connectivity index (χ1v) is 12.0. The molecule has 0 bridgehead atoms. The fourth-order valence-electron chi connectivity index (χ4n) is 4.25. The Balaban J connectivity index is 1.83. The van der Waals surface area contributed by atoms with Crippen LogP contribution in [0.4, 0.5) is 4.39 Å². The number of aromatic nitrogens is 1. The van der Waals surface area contributed by atoms with Crippen molar-refractivity contribution in [1.82, 2.24) is 15.2 Å². The molecule has 184 valence electrons. The summed E-state index contributed by atoms with van der Waals surface area (Å²) in [6, 6.07) is 5.36. The molecule has 7 nitrogen and oxygen atoms in total. The summed E-state index contributed by atoms with van der Waals surface area (Å²) in [5, 5.41) is 5.80. The van der Waals surface area contributed by atoms with E-state index in [9.17, 15) is 18.8 Å². The molecule has 0 aliphatic heterocycles. The van der Waals surface area contributed by atoms with E-state index in [4.69, 9.17) is 4.74 Å². The predicted octanol–water partition coefficient (Wildman–Crippen LogP) is 3.97. The number of benzene rings is 1. The van der Waals surface area contributed by atoms with Gasteiger partial charge in [-0.05, 0) is 37.5 Å². The molecule has 1 unspecified atom stereocenters. The van der Waals surface area contributed by atoms with Gasteiger partial charge < -0.3 is 19.9 Å². The maximum absolute atomic E-state index is 13.2. The van der Waals surface area contributed by atoms with E-state index in [0.29, 0.717) is 18.7 Å². The fraction of sp³-hybridized carbons (Fsp3) is 0.500. The summed E-state index contributed by atoms with van der Waals surface area (Å²) in [6.45, 7) is 2.49. The number of rotatable bonds is 8. The molecular weight excluding hydrogens is 437 g/mol. The molecule has 1 aliphatic carbocycles. The van der Waals surface area contributed by atoms with Gasteiger partial charge in [-0.2, -0.15) is 0 Å². The minimum absolute atomic E-state index is 0.0237. The van der Waals surface area contributed by atoms with E-state index in [1.165, 1.54) is 30.9 Å².